The Morgan fingerprint density at radius 2 is 1.44 bits per heavy atom. The molecule has 43 heavy (non-hydrogen) atoms. The van der Waals surface area contributed by atoms with Crippen molar-refractivity contribution in [1.29, 1.82) is 0 Å². The lowest BCUT2D eigenvalue weighted by Crippen LogP contribution is -2.30. The Hall–Kier alpha value is -5.54. The highest BCUT2D eigenvalue weighted by atomic mass is 32.2. The van der Waals surface area contributed by atoms with Crippen molar-refractivity contribution in [2.24, 2.45) is 0 Å². The first-order valence-electron chi connectivity index (χ1n) is 13.4. The van der Waals surface area contributed by atoms with Crippen molar-refractivity contribution in [2.45, 2.75) is 10.1 Å². The lowest BCUT2D eigenvalue weighted by atomic mass is 10.1. The number of carbonyl (C=O) groups is 3. The minimum absolute atomic E-state index is 0.0654. The van der Waals surface area contributed by atoms with Gasteiger partial charge in [0.1, 0.15) is 16.8 Å². The standard InChI is InChI=1S/C34H27N5O3S/c40-32(26-13-5-2-6-14-26)38-29(22-24-10-9-20-35-23-24)33(41)37-27-16-18-28(19-17-27)43-31(25-11-3-1-4-12-25)34(42)39-30-15-7-8-21-36-30/h1-23,31H,(H,37,41)(H,38,40)(H,36,39,42)/b29-22-. The molecule has 0 aliphatic carbocycles. The quantitative estimate of drug-likeness (QED) is 0.130. The summed E-state index contributed by atoms with van der Waals surface area (Å²) in [7, 11) is 0. The fraction of sp³-hybridized carbons (Fsp3) is 0.0294. The van der Waals surface area contributed by atoms with Crippen LogP contribution in [-0.4, -0.2) is 27.7 Å². The first-order chi connectivity index (χ1) is 21.0. The molecular formula is C34H27N5O3S. The minimum Gasteiger partial charge on any atom is -0.321 e. The summed E-state index contributed by atoms with van der Waals surface area (Å²) in [4.78, 5) is 48.5. The molecule has 0 saturated heterocycles. The second kappa shape index (κ2) is 14.4. The number of aromatic nitrogens is 2. The molecule has 0 fully saturated rings. The van der Waals surface area contributed by atoms with Crippen molar-refractivity contribution in [2.75, 3.05) is 10.6 Å². The highest BCUT2D eigenvalue weighted by Crippen LogP contribution is 2.36. The van der Waals surface area contributed by atoms with Crippen LogP contribution < -0.4 is 16.0 Å². The highest BCUT2D eigenvalue weighted by Gasteiger charge is 2.23. The summed E-state index contributed by atoms with van der Waals surface area (Å²) in [6.45, 7) is 0. The summed E-state index contributed by atoms with van der Waals surface area (Å²) in [5.74, 6) is -0.632. The van der Waals surface area contributed by atoms with E-state index < -0.39 is 17.1 Å². The number of thioether (sulfide) groups is 1. The Labute approximate surface area is 253 Å². The lowest BCUT2D eigenvalue weighted by Gasteiger charge is -2.17. The van der Waals surface area contributed by atoms with E-state index in [1.165, 1.54) is 11.8 Å². The van der Waals surface area contributed by atoms with E-state index in [2.05, 4.69) is 25.9 Å². The maximum Gasteiger partial charge on any atom is 0.272 e. The monoisotopic (exact) mass is 585 g/mol. The number of hydrogen-bond acceptors (Lipinski definition) is 6. The van der Waals surface area contributed by atoms with Crippen LogP contribution in [-0.2, 0) is 9.59 Å². The van der Waals surface area contributed by atoms with E-state index in [1.54, 1.807) is 85.3 Å². The van der Waals surface area contributed by atoms with Crippen molar-refractivity contribution in [3.8, 4) is 0 Å². The zero-order valence-corrected chi connectivity index (χ0v) is 23.7. The molecule has 3 aromatic carbocycles. The smallest absolute Gasteiger partial charge is 0.272 e. The number of nitrogens with one attached hydrogen (secondary N) is 3. The Morgan fingerprint density at radius 1 is 0.721 bits per heavy atom. The normalized spacial score (nSPS) is 11.7. The van der Waals surface area contributed by atoms with Crippen LogP contribution in [0.3, 0.4) is 0 Å². The molecule has 212 valence electrons. The maximum absolute atomic E-state index is 13.3. The Bertz CT molecular complexity index is 1700. The minimum atomic E-state index is -0.536. The van der Waals surface area contributed by atoms with Crippen LogP contribution in [0.15, 0.2) is 144 Å². The lowest BCUT2D eigenvalue weighted by molar-refractivity contribution is -0.116. The summed E-state index contributed by atoms with van der Waals surface area (Å²) in [5, 5.41) is 7.91. The average Bonchev–Trinajstić information content (AvgIpc) is 3.05. The number of amides is 3. The van der Waals surface area contributed by atoms with Crippen molar-refractivity contribution < 1.29 is 14.4 Å². The van der Waals surface area contributed by atoms with Gasteiger partial charge in [-0.15, -0.1) is 11.8 Å². The molecule has 5 aromatic rings. The first-order valence-corrected chi connectivity index (χ1v) is 14.3. The van der Waals surface area contributed by atoms with Gasteiger partial charge in [0.2, 0.25) is 5.91 Å². The van der Waals surface area contributed by atoms with Gasteiger partial charge >= 0.3 is 0 Å². The van der Waals surface area contributed by atoms with Gasteiger partial charge in [0, 0.05) is 34.7 Å². The molecule has 2 heterocycles. The fourth-order valence-electron chi connectivity index (χ4n) is 4.05. The van der Waals surface area contributed by atoms with Gasteiger partial charge in [-0.05, 0) is 71.8 Å². The van der Waals surface area contributed by atoms with E-state index in [1.807, 2.05) is 54.6 Å². The predicted octanol–water partition coefficient (Wildman–Crippen LogP) is 6.36. The Kier molecular flexibility index (Phi) is 9.69. The molecule has 3 N–H and O–H groups in total. The number of hydrogen-bond donors (Lipinski definition) is 3. The molecule has 2 aromatic heterocycles. The van der Waals surface area contributed by atoms with E-state index in [9.17, 15) is 14.4 Å². The Morgan fingerprint density at radius 3 is 2.12 bits per heavy atom. The molecule has 0 spiro atoms. The molecule has 5 rings (SSSR count). The zero-order chi connectivity index (χ0) is 29.9. The molecule has 9 heteroatoms. The first kappa shape index (κ1) is 29.0. The van der Waals surface area contributed by atoms with Crippen molar-refractivity contribution in [1.82, 2.24) is 15.3 Å². The van der Waals surface area contributed by atoms with Gasteiger partial charge in [0.05, 0.1) is 0 Å². The number of anilines is 2. The van der Waals surface area contributed by atoms with Crippen LogP contribution in [0.2, 0.25) is 0 Å². The van der Waals surface area contributed by atoms with Gasteiger partial charge in [-0.1, -0.05) is 60.7 Å². The number of carbonyl (C=O) groups excluding carboxylic acids is 3. The molecule has 0 radical (unpaired) electrons. The summed E-state index contributed by atoms with van der Waals surface area (Å²) in [6.07, 6.45) is 6.42. The molecule has 0 saturated carbocycles. The molecule has 0 aliphatic rings. The van der Waals surface area contributed by atoms with Gasteiger partial charge in [-0.25, -0.2) is 4.98 Å². The molecule has 1 atom stereocenters. The summed E-state index contributed by atoms with van der Waals surface area (Å²) >= 11 is 1.38. The fourth-order valence-corrected chi connectivity index (χ4v) is 5.08. The van der Waals surface area contributed by atoms with Crippen LogP contribution in [0, 0.1) is 0 Å². The van der Waals surface area contributed by atoms with Crippen LogP contribution in [0.5, 0.6) is 0 Å². The largest absolute Gasteiger partial charge is 0.321 e. The summed E-state index contributed by atoms with van der Waals surface area (Å²) < 4.78 is 0. The second-order valence-electron chi connectivity index (χ2n) is 9.26. The van der Waals surface area contributed by atoms with Crippen LogP contribution in [0.4, 0.5) is 11.5 Å². The number of rotatable bonds is 10. The van der Waals surface area contributed by atoms with E-state index in [4.69, 9.17) is 0 Å². The number of pyridine rings is 2. The van der Waals surface area contributed by atoms with Gasteiger partial charge < -0.3 is 16.0 Å². The second-order valence-corrected chi connectivity index (χ2v) is 10.4. The van der Waals surface area contributed by atoms with Crippen molar-refractivity contribution in [3.63, 3.8) is 0 Å². The molecule has 1 unspecified atom stereocenters. The number of benzene rings is 3. The van der Waals surface area contributed by atoms with Crippen LogP contribution in [0.1, 0.15) is 26.7 Å². The van der Waals surface area contributed by atoms with Crippen molar-refractivity contribution in [3.05, 3.63) is 156 Å². The topological polar surface area (TPSA) is 113 Å². The van der Waals surface area contributed by atoms with Gasteiger partial charge in [0.25, 0.3) is 11.8 Å². The third kappa shape index (κ3) is 8.25. The van der Waals surface area contributed by atoms with E-state index >= 15 is 0 Å². The molecule has 0 bridgehead atoms. The summed E-state index contributed by atoms with van der Waals surface area (Å²) in [6, 6.07) is 34.2. The van der Waals surface area contributed by atoms with E-state index in [0.717, 1.165) is 10.5 Å². The Balaban J connectivity index is 1.31. The van der Waals surface area contributed by atoms with E-state index in [0.29, 0.717) is 22.6 Å². The number of nitrogens with zero attached hydrogens (tertiary/aromatic N) is 2. The van der Waals surface area contributed by atoms with Crippen molar-refractivity contribution >= 4 is 47.1 Å². The van der Waals surface area contributed by atoms with Crippen LogP contribution >= 0.6 is 11.8 Å². The van der Waals surface area contributed by atoms with Crippen LogP contribution in [0.25, 0.3) is 6.08 Å². The van der Waals surface area contributed by atoms with Gasteiger partial charge in [-0.2, -0.15) is 0 Å². The zero-order valence-electron chi connectivity index (χ0n) is 22.9. The molecular weight excluding hydrogens is 558 g/mol. The summed E-state index contributed by atoms with van der Waals surface area (Å²) in [5.41, 5.74) is 2.51. The third-order valence-corrected chi connectivity index (χ3v) is 7.41. The predicted molar refractivity (Wildman–Crippen MR) is 169 cm³/mol. The highest BCUT2D eigenvalue weighted by molar-refractivity contribution is 8.00. The molecule has 0 aliphatic heterocycles. The van der Waals surface area contributed by atoms with E-state index in [-0.39, 0.29) is 11.6 Å². The molecule has 8 nitrogen and oxygen atoms in total. The van der Waals surface area contributed by atoms with Gasteiger partial charge in [-0.3, -0.25) is 19.4 Å². The van der Waals surface area contributed by atoms with Gasteiger partial charge in [0.15, 0.2) is 0 Å². The molecule has 3 amide bonds. The third-order valence-electron chi connectivity index (χ3n) is 6.15. The average molecular weight is 586 g/mol. The SMILES string of the molecule is O=C(Nc1ccc(SC(C(=O)Nc2ccccn2)c2ccccc2)cc1)/C(=C/c1cccnc1)NC(=O)c1ccccc1. The maximum atomic E-state index is 13.3.